The van der Waals surface area contributed by atoms with Gasteiger partial charge in [-0.05, 0) is 36.5 Å². The number of carbonyl (C=O) groups excluding carboxylic acids is 1. The molecule has 1 aliphatic heterocycles. The fourth-order valence-corrected chi connectivity index (χ4v) is 2.55. The van der Waals surface area contributed by atoms with Gasteiger partial charge in [-0.2, -0.15) is 0 Å². The lowest BCUT2D eigenvalue weighted by Gasteiger charge is -2.26. The highest BCUT2D eigenvalue weighted by atomic mass is 35.5. The molecule has 2 rings (SSSR count). The van der Waals surface area contributed by atoms with Crippen LogP contribution in [-0.2, 0) is 14.3 Å². The number of hydrogen-bond acceptors (Lipinski definition) is 3. The van der Waals surface area contributed by atoms with E-state index in [0.29, 0.717) is 30.8 Å². The zero-order chi connectivity index (χ0) is 15.9. The summed E-state index contributed by atoms with van der Waals surface area (Å²) in [5.74, 6) is 0.476. The lowest BCUT2D eigenvalue weighted by atomic mass is 9.97. The molecule has 2 atom stereocenters. The van der Waals surface area contributed by atoms with E-state index >= 15 is 0 Å². The third-order valence-corrected chi connectivity index (χ3v) is 3.98. The Balaban J connectivity index is 2.02. The molecule has 0 aromatic heterocycles. The van der Waals surface area contributed by atoms with Crippen LogP contribution in [0.5, 0.6) is 0 Å². The lowest BCUT2D eigenvalue weighted by Crippen LogP contribution is -2.44. The number of ether oxygens (including phenoxy) is 2. The normalized spacial score (nSPS) is 19.9. The summed E-state index contributed by atoms with van der Waals surface area (Å²) in [6.45, 7) is 5.70. The second-order valence-corrected chi connectivity index (χ2v) is 6.45. The smallest absolute Gasteiger partial charge is 0.252 e. The van der Waals surface area contributed by atoms with Gasteiger partial charge in [0.2, 0.25) is 0 Å². The quantitative estimate of drug-likeness (QED) is 0.872. The van der Waals surface area contributed by atoms with E-state index < -0.39 is 6.10 Å². The maximum Gasteiger partial charge on any atom is 0.252 e. The summed E-state index contributed by atoms with van der Waals surface area (Å²) in [6.07, 6.45) is 1.41. The molecule has 1 heterocycles. The van der Waals surface area contributed by atoms with Gasteiger partial charge >= 0.3 is 0 Å². The SMILES string of the molecule is CC(C)CCC(NC(=O)C1COCCO1)c1ccc(Cl)cc1. The summed E-state index contributed by atoms with van der Waals surface area (Å²) >= 11 is 5.95. The molecule has 0 spiro atoms. The Morgan fingerprint density at radius 1 is 1.27 bits per heavy atom. The number of nitrogens with one attached hydrogen (secondary N) is 1. The van der Waals surface area contributed by atoms with Gasteiger partial charge in [-0.3, -0.25) is 4.79 Å². The Morgan fingerprint density at radius 2 is 2.00 bits per heavy atom. The van der Waals surface area contributed by atoms with Crippen molar-refractivity contribution in [2.45, 2.75) is 38.8 Å². The number of carbonyl (C=O) groups is 1. The summed E-state index contributed by atoms with van der Waals surface area (Å²) in [4.78, 5) is 12.4. The molecule has 1 fully saturated rings. The van der Waals surface area contributed by atoms with Gasteiger partial charge in [-0.15, -0.1) is 0 Å². The molecule has 2 unspecified atom stereocenters. The third-order valence-electron chi connectivity index (χ3n) is 3.73. The van der Waals surface area contributed by atoms with Crippen molar-refractivity contribution in [2.24, 2.45) is 5.92 Å². The van der Waals surface area contributed by atoms with Crippen molar-refractivity contribution in [3.63, 3.8) is 0 Å². The van der Waals surface area contributed by atoms with Gasteiger partial charge in [-0.25, -0.2) is 0 Å². The zero-order valence-corrected chi connectivity index (χ0v) is 13.9. The average Bonchev–Trinajstić information content (AvgIpc) is 2.53. The minimum absolute atomic E-state index is 0.0299. The first-order valence-electron chi connectivity index (χ1n) is 7.81. The highest BCUT2D eigenvalue weighted by molar-refractivity contribution is 6.30. The second kappa shape index (κ2) is 8.51. The number of hydrogen-bond donors (Lipinski definition) is 1. The maximum atomic E-state index is 12.4. The third kappa shape index (κ3) is 5.27. The van der Waals surface area contributed by atoms with Crippen LogP contribution in [0.15, 0.2) is 24.3 Å². The molecule has 1 saturated heterocycles. The molecule has 1 aromatic rings. The van der Waals surface area contributed by atoms with Crippen molar-refractivity contribution in [1.29, 1.82) is 0 Å². The van der Waals surface area contributed by atoms with Gasteiger partial charge in [-0.1, -0.05) is 37.6 Å². The monoisotopic (exact) mass is 325 g/mol. The van der Waals surface area contributed by atoms with Crippen LogP contribution < -0.4 is 5.32 Å². The molecule has 0 radical (unpaired) electrons. The van der Waals surface area contributed by atoms with Crippen molar-refractivity contribution in [3.8, 4) is 0 Å². The first-order valence-corrected chi connectivity index (χ1v) is 8.19. The van der Waals surface area contributed by atoms with Crippen molar-refractivity contribution >= 4 is 17.5 Å². The molecule has 122 valence electrons. The van der Waals surface area contributed by atoms with Gasteiger partial charge in [0.05, 0.1) is 25.9 Å². The molecular formula is C17H24ClNO3. The molecule has 22 heavy (non-hydrogen) atoms. The largest absolute Gasteiger partial charge is 0.376 e. The summed E-state index contributed by atoms with van der Waals surface area (Å²) in [6, 6.07) is 7.60. The first kappa shape index (κ1) is 17.3. The van der Waals surface area contributed by atoms with E-state index in [-0.39, 0.29) is 11.9 Å². The van der Waals surface area contributed by atoms with Crippen LogP contribution in [0.2, 0.25) is 5.02 Å². The van der Waals surface area contributed by atoms with Crippen LogP contribution in [-0.4, -0.2) is 31.8 Å². The molecule has 1 aliphatic rings. The van der Waals surface area contributed by atoms with Gasteiger partial charge < -0.3 is 14.8 Å². The van der Waals surface area contributed by atoms with E-state index in [4.69, 9.17) is 21.1 Å². The zero-order valence-electron chi connectivity index (χ0n) is 13.2. The Hall–Kier alpha value is -1.10. The van der Waals surface area contributed by atoms with E-state index in [0.717, 1.165) is 18.4 Å². The van der Waals surface area contributed by atoms with Crippen LogP contribution in [0.1, 0.15) is 38.3 Å². The van der Waals surface area contributed by atoms with E-state index in [1.54, 1.807) is 0 Å². The number of halogens is 1. The summed E-state index contributed by atoms with van der Waals surface area (Å²) in [7, 11) is 0. The van der Waals surface area contributed by atoms with Gasteiger partial charge in [0.25, 0.3) is 5.91 Å². The maximum absolute atomic E-state index is 12.4. The highest BCUT2D eigenvalue weighted by Gasteiger charge is 2.25. The topological polar surface area (TPSA) is 47.6 Å². The predicted octanol–water partition coefficient (Wildman–Crippen LogP) is 3.35. The van der Waals surface area contributed by atoms with Crippen molar-refractivity contribution in [1.82, 2.24) is 5.32 Å². The van der Waals surface area contributed by atoms with Gasteiger partial charge in [0.15, 0.2) is 6.10 Å². The van der Waals surface area contributed by atoms with Crippen LogP contribution >= 0.6 is 11.6 Å². The molecule has 1 N–H and O–H groups in total. The molecule has 0 bridgehead atoms. The standard InChI is InChI=1S/C17H24ClNO3/c1-12(2)3-8-15(13-4-6-14(18)7-5-13)19-17(20)16-11-21-9-10-22-16/h4-7,12,15-16H,3,8-11H2,1-2H3,(H,19,20). The second-order valence-electron chi connectivity index (χ2n) is 6.02. The van der Waals surface area contributed by atoms with E-state index in [1.807, 2.05) is 24.3 Å². The van der Waals surface area contributed by atoms with Crippen LogP contribution in [0.25, 0.3) is 0 Å². The fourth-order valence-electron chi connectivity index (χ4n) is 2.42. The van der Waals surface area contributed by atoms with Crippen molar-refractivity contribution in [3.05, 3.63) is 34.9 Å². The Labute approximate surface area is 137 Å². The van der Waals surface area contributed by atoms with Crippen molar-refractivity contribution in [2.75, 3.05) is 19.8 Å². The molecular weight excluding hydrogens is 302 g/mol. The number of rotatable bonds is 6. The van der Waals surface area contributed by atoms with Crippen LogP contribution in [0.3, 0.4) is 0 Å². The Kier molecular flexibility index (Phi) is 6.68. The predicted molar refractivity (Wildman–Crippen MR) is 87.0 cm³/mol. The lowest BCUT2D eigenvalue weighted by molar-refractivity contribution is -0.148. The van der Waals surface area contributed by atoms with Crippen LogP contribution in [0.4, 0.5) is 0 Å². The van der Waals surface area contributed by atoms with E-state index in [1.165, 1.54) is 0 Å². The Bertz CT molecular complexity index is 469. The van der Waals surface area contributed by atoms with Crippen molar-refractivity contribution < 1.29 is 14.3 Å². The molecule has 4 nitrogen and oxygen atoms in total. The van der Waals surface area contributed by atoms with E-state index in [9.17, 15) is 4.79 Å². The Morgan fingerprint density at radius 3 is 2.59 bits per heavy atom. The summed E-state index contributed by atoms with van der Waals surface area (Å²) < 4.78 is 10.8. The minimum Gasteiger partial charge on any atom is -0.376 e. The van der Waals surface area contributed by atoms with E-state index in [2.05, 4.69) is 19.2 Å². The van der Waals surface area contributed by atoms with Crippen LogP contribution in [0, 0.1) is 5.92 Å². The number of benzene rings is 1. The molecule has 1 aromatic carbocycles. The molecule has 1 amide bonds. The molecule has 0 saturated carbocycles. The first-order chi connectivity index (χ1) is 10.6. The summed E-state index contributed by atoms with van der Waals surface area (Å²) in [5.41, 5.74) is 1.06. The highest BCUT2D eigenvalue weighted by Crippen LogP contribution is 2.23. The fraction of sp³-hybridized carbons (Fsp3) is 0.588. The molecule has 5 heteroatoms. The minimum atomic E-state index is -0.511. The molecule has 0 aliphatic carbocycles. The van der Waals surface area contributed by atoms with Gasteiger partial charge in [0.1, 0.15) is 0 Å². The average molecular weight is 326 g/mol. The number of amides is 1. The van der Waals surface area contributed by atoms with Gasteiger partial charge in [0, 0.05) is 5.02 Å². The summed E-state index contributed by atoms with van der Waals surface area (Å²) in [5, 5.41) is 3.79.